The van der Waals surface area contributed by atoms with Gasteiger partial charge in [0.05, 0.1) is 0 Å². The van der Waals surface area contributed by atoms with Crippen molar-refractivity contribution < 1.29 is 14.3 Å². The molecule has 6 nitrogen and oxygen atoms in total. The molecule has 16 heavy (non-hydrogen) atoms. The molecule has 0 radical (unpaired) electrons. The third kappa shape index (κ3) is 3.79. The second kappa shape index (κ2) is 5.81. The van der Waals surface area contributed by atoms with Gasteiger partial charge in [-0.1, -0.05) is 0 Å². The van der Waals surface area contributed by atoms with Crippen LogP contribution in [-0.2, 0) is 14.3 Å². The van der Waals surface area contributed by atoms with E-state index < -0.39 is 12.1 Å². The Morgan fingerprint density at radius 3 is 2.50 bits per heavy atom. The van der Waals surface area contributed by atoms with Gasteiger partial charge < -0.3 is 21.1 Å². The van der Waals surface area contributed by atoms with Crippen LogP contribution in [0.3, 0.4) is 0 Å². The van der Waals surface area contributed by atoms with Gasteiger partial charge in [-0.05, 0) is 19.8 Å². The highest BCUT2D eigenvalue weighted by Crippen LogP contribution is 2.18. The lowest BCUT2D eigenvalue weighted by Gasteiger charge is -2.17. The third-order valence-electron chi connectivity index (χ3n) is 2.47. The maximum absolute atomic E-state index is 11.5. The van der Waals surface area contributed by atoms with Crippen LogP contribution in [0.15, 0.2) is 0 Å². The number of hydrogen-bond acceptors (Lipinski definition) is 4. The van der Waals surface area contributed by atoms with Gasteiger partial charge in [-0.15, -0.1) is 0 Å². The summed E-state index contributed by atoms with van der Waals surface area (Å²) in [6.07, 6.45) is 1.35. The van der Waals surface area contributed by atoms with E-state index in [1.54, 1.807) is 6.92 Å². The average Bonchev–Trinajstić information content (AvgIpc) is 3.03. The van der Waals surface area contributed by atoms with Crippen LogP contribution in [-0.4, -0.2) is 43.7 Å². The molecule has 1 fully saturated rings. The van der Waals surface area contributed by atoms with Crippen molar-refractivity contribution >= 4 is 11.8 Å². The van der Waals surface area contributed by atoms with E-state index in [9.17, 15) is 9.59 Å². The molecule has 4 N–H and O–H groups in total. The molecule has 0 heterocycles. The van der Waals surface area contributed by atoms with Crippen molar-refractivity contribution in [3.63, 3.8) is 0 Å². The van der Waals surface area contributed by atoms with Crippen molar-refractivity contribution in [2.24, 2.45) is 5.73 Å². The first kappa shape index (κ1) is 12.9. The standard InChI is InChI=1S/C10H19N3O3/c1-6(9(14)13-7-3-4-7)12-10(15)8(5-11)16-2/h6-8H,3-5,11H2,1-2H3,(H,12,15)(H,13,14). The Morgan fingerprint density at radius 1 is 1.44 bits per heavy atom. The third-order valence-corrected chi connectivity index (χ3v) is 2.47. The molecule has 1 aliphatic carbocycles. The zero-order valence-corrected chi connectivity index (χ0v) is 9.66. The number of amides is 2. The summed E-state index contributed by atoms with van der Waals surface area (Å²) in [7, 11) is 1.41. The van der Waals surface area contributed by atoms with Gasteiger partial charge in [0.25, 0.3) is 5.91 Å². The van der Waals surface area contributed by atoms with Gasteiger partial charge in [0, 0.05) is 19.7 Å². The van der Waals surface area contributed by atoms with E-state index in [0.29, 0.717) is 6.04 Å². The molecule has 92 valence electrons. The summed E-state index contributed by atoms with van der Waals surface area (Å²) in [5.74, 6) is -0.522. The number of hydrogen-bond donors (Lipinski definition) is 3. The van der Waals surface area contributed by atoms with Gasteiger partial charge in [-0.25, -0.2) is 0 Å². The van der Waals surface area contributed by atoms with Crippen LogP contribution >= 0.6 is 0 Å². The highest BCUT2D eigenvalue weighted by molar-refractivity contribution is 5.89. The summed E-state index contributed by atoms with van der Waals surface area (Å²) < 4.78 is 4.87. The molecule has 0 aromatic carbocycles. The fourth-order valence-electron chi connectivity index (χ4n) is 1.24. The Kier molecular flexibility index (Phi) is 4.70. The summed E-state index contributed by atoms with van der Waals surface area (Å²) in [6, 6.07) is -0.267. The SMILES string of the molecule is COC(CN)C(=O)NC(C)C(=O)NC1CC1. The van der Waals surface area contributed by atoms with Crippen LogP contribution in [0.2, 0.25) is 0 Å². The molecule has 2 atom stereocenters. The van der Waals surface area contributed by atoms with Crippen LogP contribution in [0.25, 0.3) is 0 Å². The molecule has 0 aromatic heterocycles. The predicted octanol–water partition coefficient (Wildman–Crippen LogP) is -1.26. The minimum atomic E-state index is -0.698. The van der Waals surface area contributed by atoms with Crippen LogP contribution in [0.4, 0.5) is 0 Å². The molecule has 0 saturated heterocycles. The van der Waals surface area contributed by atoms with E-state index in [1.807, 2.05) is 0 Å². The average molecular weight is 229 g/mol. The molecular formula is C10H19N3O3. The zero-order chi connectivity index (χ0) is 12.1. The molecule has 2 unspecified atom stereocenters. The van der Waals surface area contributed by atoms with Crippen LogP contribution in [0, 0.1) is 0 Å². The lowest BCUT2D eigenvalue weighted by molar-refractivity contribution is -0.134. The van der Waals surface area contributed by atoms with Crippen molar-refractivity contribution in [3.8, 4) is 0 Å². The lowest BCUT2D eigenvalue weighted by Crippen LogP contribution is -2.50. The van der Waals surface area contributed by atoms with E-state index in [1.165, 1.54) is 7.11 Å². The highest BCUT2D eigenvalue weighted by atomic mass is 16.5. The lowest BCUT2D eigenvalue weighted by atomic mass is 10.2. The first-order valence-electron chi connectivity index (χ1n) is 5.42. The maximum Gasteiger partial charge on any atom is 0.251 e. The van der Waals surface area contributed by atoms with Gasteiger partial charge in [-0.2, -0.15) is 0 Å². The summed E-state index contributed by atoms with van der Waals surface area (Å²) in [6.45, 7) is 1.73. The quantitative estimate of drug-likeness (QED) is 0.530. The predicted molar refractivity (Wildman–Crippen MR) is 58.6 cm³/mol. The van der Waals surface area contributed by atoms with E-state index in [-0.39, 0.29) is 18.4 Å². The molecule has 0 bridgehead atoms. The van der Waals surface area contributed by atoms with Crippen molar-refractivity contribution in [1.29, 1.82) is 0 Å². The Balaban J connectivity index is 2.33. The van der Waals surface area contributed by atoms with E-state index in [2.05, 4.69) is 10.6 Å². The minimum absolute atomic E-state index is 0.0965. The summed E-state index contributed by atoms with van der Waals surface area (Å²) in [5, 5.41) is 5.37. The molecule has 0 aromatic rings. The minimum Gasteiger partial charge on any atom is -0.370 e. The van der Waals surface area contributed by atoms with Crippen molar-refractivity contribution in [3.05, 3.63) is 0 Å². The Labute approximate surface area is 94.9 Å². The molecule has 1 rings (SSSR count). The van der Waals surface area contributed by atoms with Gasteiger partial charge >= 0.3 is 0 Å². The second-order valence-corrected chi connectivity index (χ2v) is 3.97. The number of methoxy groups -OCH3 is 1. The second-order valence-electron chi connectivity index (χ2n) is 3.97. The number of rotatable bonds is 6. The van der Waals surface area contributed by atoms with Crippen LogP contribution in [0.5, 0.6) is 0 Å². The largest absolute Gasteiger partial charge is 0.370 e. The molecular weight excluding hydrogens is 210 g/mol. The van der Waals surface area contributed by atoms with Crippen LogP contribution in [0.1, 0.15) is 19.8 Å². The monoisotopic (exact) mass is 229 g/mol. The topological polar surface area (TPSA) is 93.4 Å². The molecule has 6 heteroatoms. The van der Waals surface area contributed by atoms with Crippen molar-refractivity contribution in [1.82, 2.24) is 10.6 Å². The van der Waals surface area contributed by atoms with E-state index >= 15 is 0 Å². The number of ether oxygens (including phenoxy) is 1. The number of nitrogens with one attached hydrogen (secondary N) is 2. The van der Waals surface area contributed by atoms with Gasteiger partial charge in [-0.3, -0.25) is 9.59 Å². The van der Waals surface area contributed by atoms with Crippen molar-refractivity contribution in [2.75, 3.05) is 13.7 Å². The maximum atomic E-state index is 11.5. The van der Waals surface area contributed by atoms with E-state index in [0.717, 1.165) is 12.8 Å². The number of nitrogens with two attached hydrogens (primary N) is 1. The Morgan fingerprint density at radius 2 is 2.06 bits per heavy atom. The molecule has 1 saturated carbocycles. The van der Waals surface area contributed by atoms with Gasteiger partial charge in [0.1, 0.15) is 12.1 Å². The van der Waals surface area contributed by atoms with Gasteiger partial charge in [0.15, 0.2) is 0 Å². The molecule has 1 aliphatic rings. The molecule has 2 amide bonds. The van der Waals surface area contributed by atoms with Gasteiger partial charge in [0.2, 0.25) is 5.91 Å². The first-order valence-corrected chi connectivity index (χ1v) is 5.42. The normalized spacial score (nSPS) is 18.7. The number of carbonyl (C=O) groups excluding carboxylic acids is 2. The summed E-state index contributed by atoms with van der Waals surface area (Å²) in [5.41, 5.74) is 5.34. The smallest absolute Gasteiger partial charge is 0.251 e. The van der Waals surface area contributed by atoms with Crippen LogP contribution < -0.4 is 16.4 Å². The Hall–Kier alpha value is -1.14. The molecule has 0 spiro atoms. The summed E-state index contributed by atoms with van der Waals surface area (Å²) in [4.78, 5) is 23.1. The first-order chi connectivity index (χ1) is 7.58. The number of carbonyl (C=O) groups is 2. The fourth-order valence-corrected chi connectivity index (χ4v) is 1.24. The summed E-state index contributed by atoms with van der Waals surface area (Å²) >= 11 is 0. The zero-order valence-electron chi connectivity index (χ0n) is 9.66. The highest BCUT2D eigenvalue weighted by Gasteiger charge is 2.27. The molecule has 0 aliphatic heterocycles. The fraction of sp³-hybridized carbons (Fsp3) is 0.800. The van der Waals surface area contributed by atoms with Crippen molar-refractivity contribution in [2.45, 2.75) is 38.0 Å². The van der Waals surface area contributed by atoms with E-state index in [4.69, 9.17) is 10.5 Å². The Bertz CT molecular complexity index is 262.